The molecule has 0 spiro atoms. The highest BCUT2D eigenvalue weighted by Crippen LogP contribution is 2.62. The number of fused-ring (bicyclic) bond motifs is 7. The van der Waals surface area contributed by atoms with E-state index < -0.39 is 23.0 Å². The van der Waals surface area contributed by atoms with Gasteiger partial charge in [0, 0.05) is 16.5 Å². The summed E-state index contributed by atoms with van der Waals surface area (Å²) in [6, 6.07) is 19.0. The minimum absolute atomic E-state index is 0.193. The zero-order valence-electron chi connectivity index (χ0n) is 22.2. The summed E-state index contributed by atoms with van der Waals surface area (Å²) < 4.78 is 14.3. The molecule has 3 aliphatic rings. The fraction of sp³-hybridized carbons (Fsp3) is 0.355. The Morgan fingerprint density at radius 1 is 1.12 bits per heavy atom. The summed E-state index contributed by atoms with van der Waals surface area (Å²) in [7, 11) is 0. The number of nitriles is 1. The quantitative estimate of drug-likeness (QED) is 0.190. The number of thioether (sulfide) groups is 1. The van der Waals surface area contributed by atoms with Crippen LogP contribution in [0, 0.1) is 23.2 Å². The number of hydrogen-bond donors (Lipinski definition) is 0. The minimum atomic E-state index is -0.672. The van der Waals surface area contributed by atoms with Crippen molar-refractivity contribution in [2.45, 2.75) is 48.7 Å². The van der Waals surface area contributed by atoms with E-state index in [0.29, 0.717) is 24.3 Å². The van der Waals surface area contributed by atoms with Gasteiger partial charge in [-0.1, -0.05) is 36.0 Å². The molecule has 0 aliphatic carbocycles. The molecule has 7 nitrogen and oxygen atoms in total. The molecule has 4 aromatic rings. The third kappa shape index (κ3) is 3.70. The lowest BCUT2D eigenvalue weighted by molar-refractivity contribution is -0.130. The van der Waals surface area contributed by atoms with Crippen molar-refractivity contribution in [1.29, 1.82) is 5.26 Å². The maximum absolute atomic E-state index is 14.1. The predicted molar refractivity (Wildman–Crippen MR) is 156 cm³/mol. The molecule has 4 unspecified atom stereocenters. The van der Waals surface area contributed by atoms with Gasteiger partial charge in [-0.15, -0.1) is 11.3 Å². The fourth-order valence-corrected chi connectivity index (χ4v) is 9.20. The number of thiazole rings is 1. The van der Waals surface area contributed by atoms with Crippen LogP contribution >= 0.6 is 23.1 Å². The number of benzene rings is 3. The van der Waals surface area contributed by atoms with E-state index in [1.54, 1.807) is 35.2 Å². The van der Waals surface area contributed by atoms with E-state index in [2.05, 4.69) is 6.07 Å². The van der Waals surface area contributed by atoms with E-state index in [1.807, 2.05) is 56.3 Å². The lowest BCUT2D eigenvalue weighted by Gasteiger charge is -2.31. The molecule has 4 heterocycles. The third-order valence-corrected chi connectivity index (χ3v) is 10.8. The molecule has 40 heavy (non-hydrogen) atoms. The maximum Gasteiger partial charge on any atom is 0.240 e. The minimum Gasteiger partial charge on any atom is -0.494 e. The number of carbonyl (C=O) groups is 2. The van der Waals surface area contributed by atoms with Gasteiger partial charge < -0.3 is 9.47 Å². The topological polar surface area (TPSA) is 92.5 Å². The predicted octanol–water partition coefficient (Wildman–Crippen LogP) is 6.33. The molecule has 0 radical (unpaired) electrons. The molecule has 1 aromatic heterocycles. The van der Waals surface area contributed by atoms with Crippen LogP contribution in [0.4, 0.5) is 5.69 Å². The van der Waals surface area contributed by atoms with Gasteiger partial charge in [0.1, 0.15) is 5.75 Å². The molecule has 202 valence electrons. The summed E-state index contributed by atoms with van der Waals surface area (Å²) in [5, 5.41) is 11.1. The van der Waals surface area contributed by atoms with E-state index >= 15 is 0 Å². The van der Waals surface area contributed by atoms with Crippen LogP contribution in [0.5, 0.6) is 5.75 Å². The molecule has 2 amide bonds. The van der Waals surface area contributed by atoms with Crippen LogP contribution in [0.1, 0.15) is 38.7 Å². The van der Waals surface area contributed by atoms with Crippen molar-refractivity contribution in [2.75, 3.05) is 17.3 Å². The maximum atomic E-state index is 14.1. The summed E-state index contributed by atoms with van der Waals surface area (Å²) in [6.07, 6.45) is 2.17. The SMILES string of the molecule is CCOc1ccc2nc(SCCC34CCC(C)(O3)C3C(=O)N(c5ccc(C#N)c6ccccc56)C(=O)C34)sc2c1. The Kier molecular flexibility index (Phi) is 5.93. The number of imide groups is 1. The second-order valence-electron chi connectivity index (χ2n) is 10.9. The Morgan fingerprint density at radius 3 is 2.73 bits per heavy atom. The summed E-state index contributed by atoms with van der Waals surface area (Å²) >= 11 is 3.31. The van der Waals surface area contributed by atoms with Crippen molar-refractivity contribution < 1.29 is 19.1 Å². The first-order chi connectivity index (χ1) is 19.4. The van der Waals surface area contributed by atoms with E-state index in [1.165, 1.54) is 4.90 Å². The summed E-state index contributed by atoms with van der Waals surface area (Å²) in [6.45, 7) is 4.58. The van der Waals surface area contributed by atoms with Crippen LogP contribution < -0.4 is 9.64 Å². The van der Waals surface area contributed by atoms with E-state index in [4.69, 9.17) is 14.5 Å². The van der Waals surface area contributed by atoms with Gasteiger partial charge in [0.25, 0.3) is 0 Å². The first kappa shape index (κ1) is 25.5. The number of ether oxygens (including phenoxy) is 2. The molecule has 2 bridgehead atoms. The number of amides is 2. The summed E-state index contributed by atoms with van der Waals surface area (Å²) in [5.74, 6) is 0.164. The number of nitrogens with zero attached hydrogens (tertiary/aromatic N) is 3. The lowest BCUT2D eigenvalue weighted by Crippen LogP contribution is -2.42. The number of rotatable bonds is 7. The third-order valence-electron chi connectivity index (χ3n) is 8.68. The normalized spacial score (nSPS) is 27.1. The monoisotopic (exact) mass is 569 g/mol. The van der Waals surface area contributed by atoms with Crippen molar-refractivity contribution in [3.05, 3.63) is 60.2 Å². The highest BCUT2D eigenvalue weighted by molar-refractivity contribution is 8.01. The summed E-state index contributed by atoms with van der Waals surface area (Å²) in [4.78, 5) is 34.2. The molecule has 7 rings (SSSR count). The van der Waals surface area contributed by atoms with Gasteiger partial charge in [-0.2, -0.15) is 5.26 Å². The molecule has 0 N–H and O–H groups in total. The molecule has 9 heteroatoms. The molecular weight excluding hydrogens is 542 g/mol. The highest BCUT2D eigenvalue weighted by atomic mass is 32.2. The van der Waals surface area contributed by atoms with Gasteiger partial charge >= 0.3 is 0 Å². The van der Waals surface area contributed by atoms with Gasteiger partial charge in [0.2, 0.25) is 11.8 Å². The first-order valence-corrected chi connectivity index (χ1v) is 15.3. The van der Waals surface area contributed by atoms with Gasteiger partial charge in [-0.05, 0) is 63.4 Å². The number of aromatic nitrogens is 1. The standard InChI is InChI=1S/C31H27N3O4S2/c1-3-37-19-9-10-22-24(16-19)40-29(33-22)39-15-14-31-13-12-30(2,38-31)25-26(31)28(36)34(27(25)35)23-11-8-18(17-32)20-6-4-5-7-21(20)23/h4-11,16,25-26H,3,12-15H2,1-2H3. The van der Waals surface area contributed by atoms with Crippen LogP contribution in [0.25, 0.3) is 21.0 Å². The Labute approximate surface area is 240 Å². The summed E-state index contributed by atoms with van der Waals surface area (Å²) in [5.41, 5.74) is 0.681. The number of carbonyl (C=O) groups excluding carboxylic acids is 2. The Morgan fingerprint density at radius 2 is 1.93 bits per heavy atom. The average Bonchev–Trinajstić information content (AvgIpc) is 3.66. The van der Waals surface area contributed by atoms with Gasteiger partial charge in [-0.25, -0.2) is 9.88 Å². The lowest BCUT2D eigenvalue weighted by atomic mass is 9.67. The highest BCUT2D eigenvalue weighted by Gasteiger charge is 2.73. The molecule has 3 aromatic carbocycles. The molecule has 4 atom stereocenters. The van der Waals surface area contributed by atoms with Gasteiger partial charge in [0.05, 0.1) is 57.2 Å². The zero-order chi connectivity index (χ0) is 27.6. The van der Waals surface area contributed by atoms with Crippen LogP contribution in [0.3, 0.4) is 0 Å². The smallest absolute Gasteiger partial charge is 0.240 e. The first-order valence-electron chi connectivity index (χ1n) is 13.5. The fourth-order valence-electron chi connectivity index (χ4n) is 6.94. The largest absolute Gasteiger partial charge is 0.494 e. The number of hydrogen-bond acceptors (Lipinski definition) is 8. The van der Waals surface area contributed by atoms with Crippen LogP contribution in [-0.4, -0.2) is 40.4 Å². The van der Waals surface area contributed by atoms with E-state index in [-0.39, 0.29) is 11.8 Å². The Bertz CT molecular complexity index is 1750. The Balaban J connectivity index is 1.16. The van der Waals surface area contributed by atoms with Gasteiger partial charge in [0.15, 0.2) is 4.34 Å². The Hall–Kier alpha value is -3.45. The molecular formula is C31H27N3O4S2. The number of anilines is 1. The van der Waals surface area contributed by atoms with E-state index in [9.17, 15) is 14.9 Å². The molecule has 0 saturated carbocycles. The second kappa shape index (κ2) is 9.30. The van der Waals surface area contributed by atoms with Crippen LogP contribution in [0.2, 0.25) is 0 Å². The second-order valence-corrected chi connectivity index (χ2v) is 13.2. The average molecular weight is 570 g/mol. The van der Waals surface area contributed by atoms with Crippen molar-refractivity contribution >= 4 is 61.6 Å². The van der Waals surface area contributed by atoms with Crippen molar-refractivity contribution in [3.8, 4) is 11.8 Å². The zero-order valence-corrected chi connectivity index (χ0v) is 23.8. The van der Waals surface area contributed by atoms with Gasteiger partial charge in [-0.3, -0.25) is 9.59 Å². The van der Waals surface area contributed by atoms with Crippen molar-refractivity contribution in [3.63, 3.8) is 0 Å². The van der Waals surface area contributed by atoms with Crippen molar-refractivity contribution in [1.82, 2.24) is 4.98 Å². The van der Waals surface area contributed by atoms with E-state index in [0.717, 1.165) is 49.7 Å². The molecule has 3 fully saturated rings. The molecule has 3 aliphatic heterocycles. The van der Waals surface area contributed by atoms with Crippen molar-refractivity contribution in [2.24, 2.45) is 11.8 Å². The molecule has 3 saturated heterocycles. The van der Waals surface area contributed by atoms with Crippen LogP contribution in [0.15, 0.2) is 58.9 Å². The van der Waals surface area contributed by atoms with Crippen LogP contribution in [-0.2, 0) is 14.3 Å².